The van der Waals surface area contributed by atoms with Crippen LogP contribution < -0.4 is 5.32 Å². The number of aryl methyl sites for hydroxylation is 1. The second-order valence-corrected chi connectivity index (χ2v) is 10.1. The molecule has 4 fully saturated rings. The van der Waals surface area contributed by atoms with Crippen molar-refractivity contribution in [2.75, 3.05) is 0 Å². The van der Waals surface area contributed by atoms with E-state index in [0.717, 1.165) is 39.0 Å². The fourth-order valence-electron chi connectivity index (χ4n) is 6.33. The predicted molar refractivity (Wildman–Crippen MR) is 108 cm³/mol. The molecule has 4 saturated carbocycles. The van der Waals surface area contributed by atoms with Gasteiger partial charge in [-0.2, -0.15) is 0 Å². The molecule has 0 aromatic carbocycles. The van der Waals surface area contributed by atoms with Gasteiger partial charge in [0.25, 0.3) is 5.91 Å². The summed E-state index contributed by atoms with van der Waals surface area (Å²) in [6.45, 7) is 4.16. The van der Waals surface area contributed by atoms with Gasteiger partial charge in [0, 0.05) is 12.2 Å². The molecular formula is C22H27N3OS. The van der Waals surface area contributed by atoms with Crippen LogP contribution in [0.1, 0.15) is 60.8 Å². The standard InChI is InChI=1S/C22H27N3OS/c1-13-19(27-21(24-13)18-5-3-4-6-23-18)20(26)25-14(2)22-10-15-7-16(11-22)9-17(8-15)12-22/h3-6,14-17H,7-12H2,1-2H3,(H,25,26)/t14-,15?,16?,17?,22?/m0/s1. The summed E-state index contributed by atoms with van der Waals surface area (Å²) in [5, 5.41) is 4.19. The normalized spacial score (nSPS) is 32.4. The zero-order valence-corrected chi connectivity index (χ0v) is 16.9. The molecule has 0 spiro atoms. The summed E-state index contributed by atoms with van der Waals surface area (Å²) in [5.41, 5.74) is 1.96. The predicted octanol–water partition coefficient (Wildman–Crippen LogP) is 4.85. The van der Waals surface area contributed by atoms with Crippen molar-refractivity contribution < 1.29 is 4.79 Å². The molecule has 4 nitrogen and oxygen atoms in total. The molecule has 6 rings (SSSR count). The number of rotatable bonds is 4. The lowest BCUT2D eigenvalue weighted by molar-refractivity contribution is -0.0687. The summed E-state index contributed by atoms with van der Waals surface area (Å²) in [6.07, 6.45) is 9.98. The third-order valence-corrected chi connectivity index (χ3v) is 8.42. The van der Waals surface area contributed by atoms with Gasteiger partial charge in [0.1, 0.15) is 9.88 Å². The third kappa shape index (κ3) is 3.00. The minimum Gasteiger partial charge on any atom is -0.348 e. The van der Waals surface area contributed by atoms with Crippen LogP contribution in [0.25, 0.3) is 10.7 Å². The fraction of sp³-hybridized carbons (Fsp3) is 0.591. The average Bonchev–Trinajstić information content (AvgIpc) is 3.03. The van der Waals surface area contributed by atoms with Gasteiger partial charge in [-0.15, -0.1) is 11.3 Å². The maximum Gasteiger partial charge on any atom is 0.263 e. The number of hydrogen-bond donors (Lipinski definition) is 1. The van der Waals surface area contributed by atoms with Crippen molar-refractivity contribution in [1.82, 2.24) is 15.3 Å². The number of nitrogens with zero attached hydrogens (tertiary/aromatic N) is 2. The Kier molecular flexibility index (Phi) is 4.12. The van der Waals surface area contributed by atoms with E-state index >= 15 is 0 Å². The van der Waals surface area contributed by atoms with E-state index in [1.165, 1.54) is 49.9 Å². The molecule has 2 aromatic rings. The quantitative estimate of drug-likeness (QED) is 0.824. The van der Waals surface area contributed by atoms with Crippen molar-refractivity contribution in [3.8, 4) is 10.7 Å². The Hall–Kier alpha value is -1.75. The second-order valence-electron chi connectivity index (χ2n) is 9.12. The summed E-state index contributed by atoms with van der Waals surface area (Å²) in [6, 6.07) is 6.02. The summed E-state index contributed by atoms with van der Waals surface area (Å²) in [4.78, 5) is 22.7. The van der Waals surface area contributed by atoms with E-state index in [1.54, 1.807) is 6.20 Å². The highest BCUT2D eigenvalue weighted by Crippen LogP contribution is 2.61. The van der Waals surface area contributed by atoms with Crippen LogP contribution in [0.4, 0.5) is 0 Å². The molecule has 4 aliphatic carbocycles. The van der Waals surface area contributed by atoms with Gasteiger partial charge in [-0.1, -0.05) is 6.07 Å². The van der Waals surface area contributed by atoms with Gasteiger partial charge >= 0.3 is 0 Å². The highest BCUT2D eigenvalue weighted by molar-refractivity contribution is 7.17. The number of thiazole rings is 1. The first-order valence-electron chi connectivity index (χ1n) is 10.2. The Labute approximate surface area is 164 Å². The summed E-state index contributed by atoms with van der Waals surface area (Å²) < 4.78 is 0. The monoisotopic (exact) mass is 381 g/mol. The van der Waals surface area contributed by atoms with Gasteiger partial charge in [0.2, 0.25) is 0 Å². The van der Waals surface area contributed by atoms with E-state index < -0.39 is 0 Å². The molecule has 4 bridgehead atoms. The zero-order valence-electron chi connectivity index (χ0n) is 16.1. The highest BCUT2D eigenvalue weighted by atomic mass is 32.1. The zero-order chi connectivity index (χ0) is 18.6. The Morgan fingerprint density at radius 1 is 1.19 bits per heavy atom. The first-order valence-corrected chi connectivity index (χ1v) is 11.0. The lowest BCUT2D eigenvalue weighted by Crippen LogP contribution is -2.55. The molecule has 4 aliphatic rings. The van der Waals surface area contributed by atoms with E-state index in [2.05, 4.69) is 22.2 Å². The molecule has 27 heavy (non-hydrogen) atoms. The lowest BCUT2D eigenvalue weighted by atomic mass is 9.48. The minimum atomic E-state index is 0.0374. The van der Waals surface area contributed by atoms with Crippen molar-refractivity contribution in [3.05, 3.63) is 35.0 Å². The van der Waals surface area contributed by atoms with Crippen LogP contribution in [-0.2, 0) is 0 Å². The van der Waals surface area contributed by atoms with Crippen LogP contribution in [0, 0.1) is 30.1 Å². The van der Waals surface area contributed by atoms with Crippen molar-refractivity contribution in [1.29, 1.82) is 0 Å². The first kappa shape index (κ1) is 17.4. The molecule has 0 unspecified atom stereocenters. The second kappa shape index (κ2) is 6.40. The van der Waals surface area contributed by atoms with E-state index in [1.807, 2.05) is 25.1 Å². The Morgan fingerprint density at radius 3 is 2.44 bits per heavy atom. The third-order valence-electron chi connectivity index (χ3n) is 7.24. The number of pyridine rings is 1. The highest BCUT2D eigenvalue weighted by Gasteiger charge is 2.53. The van der Waals surface area contributed by atoms with Crippen molar-refractivity contribution in [3.63, 3.8) is 0 Å². The molecule has 1 N–H and O–H groups in total. The summed E-state index contributed by atoms with van der Waals surface area (Å²) >= 11 is 1.45. The van der Waals surface area contributed by atoms with E-state index in [0.29, 0.717) is 5.41 Å². The van der Waals surface area contributed by atoms with Crippen LogP contribution >= 0.6 is 11.3 Å². The summed E-state index contributed by atoms with van der Waals surface area (Å²) in [5.74, 6) is 2.74. The molecule has 2 heterocycles. The topological polar surface area (TPSA) is 54.9 Å². The van der Waals surface area contributed by atoms with Gasteiger partial charge in [0.15, 0.2) is 0 Å². The number of carbonyl (C=O) groups is 1. The van der Waals surface area contributed by atoms with Gasteiger partial charge < -0.3 is 5.32 Å². The molecule has 5 heteroatoms. The Morgan fingerprint density at radius 2 is 1.85 bits per heavy atom. The molecule has 1 atom stereocenters. The number of carbonyl (C=O) groups excluding carboxylic acids is 1. The number of hydrogen-bond acceptors (Lipinski definition) is 4. The van der Waals surface area contributed by atoms with Gasteiger partial charge in [-0.25, -0.2) is 4.98 Å². The maximum absolute atomic E-state index is 13.1. The van der Waals surface area contributed by atoms with Gasteiger partial charge in [0.05, 0.1) is 11.4 Å². The largest absolute Gasteiger partial charge is 0.348 e. The van der Waals surface area contributed by atoms with Gasteiger partial charge in [-0.05, 0) is 87.7 Å². The van der Waals surface area contributed by atoms with Crippen molar-refractivity contribution in [2.24, 2.45) is 23.2 Å². The minimum absolute atomic E-state index is 0.0374. The number of nitrogens with one attached hydrogen (secondary N) is 1. The average molecular weight is 382 g/mol. The molecule has 142 valence electrons. The SMILES string of the molecule is Cc1nc(-c2ccccn2)sc1C(=O)N[C@@H](C)C12CC3CC(CC(C3)C1)C2. The van der Waals surface area contributed by atoms with Crippen LogP contribution in [0.15, 0.2) is 24.4 Å². The van der Waals surface area contributed by atoms with Crippen molar-refractivity contribution >= 4 is 17.2 Å². The number of aromatic nitrogens is 2. The molecule has 0 aliphatic heterocycles. The van der Waals surface area contributed by atoms with E-state index in [9.17, 15) is 4.79 Å². The van der Waals surface area contributed by atoms with Gasteiger partial charge in [-0.3, -0.25) is 9.78 Å². The Bertz CT molecular complexity index is 824. The molecular weight excluding hydrogens is 354 g/mol. The van der Waals surface area contributed by atoms with E-state index in [4.69, 9.17) is 0 Å². The molecule has 2 aromatic heterocycles. The summed E-state index contributed by atoms with van der Waals surface area (Å²) in [7, 11) is 0. The molecule has 0 radical (unpaired) electrons. The lowest BCUT2D eigenvalue weighted by Gasteiger charge is -2.59. The number of amides is 1. The van der Waals surface area contributed by atoms with Crippen molar-refractivity contribution in [2.45, 2.75) is 58.4 Å². The molecule has 0 saturated heterocycles. The smallest absolute Gasteiger partial charge is 0.263 e. The fourth-order valence-corrected chi connectivity index (χ4v) is 7.28. The van der Waals surface area contributed by atoms with E-state index in [-0.39, 0.29) is 11.9 Å². The van der Waals surface area contributed by atoms with Crippen LogP contribution in [0.5, 0.6) is 0 Å². The van der Waals surface area contributed by atoms with Crippen LogP contribution in [0.2, 0.25) is 0 Å². The van der Waals surface area contributed by atoms with Crippen LogP contribution in [0.3, 0.4) is 0 Å². The first-order chi connectivity index (χ1) is 13.0. The molecule has 1 amide bonds. The maximum atomic E-state index is 13.1. The van der Waals surface area contributed by atoms with Crippen LogP contribution in [-0.4, -0.2) is 21.9 Å². The Balaban J connectivity index is 1.34.